The quantitative estimate of drug-likeness (QED) is 0.668. The fourth-order valence-electron chi connectivity index (χ4n) is 3.33. The van der Waals surface area contributed by atoms with Crippen LogP contribution < -0.4 is 11.1 Å². The van der Waals surface area contributed by atoms with E-state index in [9.17, 15) is 19.5 Å². The molecule has 142 valence electrons. The third-order valence-corrected chi connectivity index (χ3v) is 4.72. The van der Waals surface area contributed by atoms with Gasteiger partial charge < -0.3 is 21.1 Å². The highest BCUT2D eigenvalue weighted by Gasteiger charge is 2.38. The minimum absolute atomic E-state index is 0.0981. The third-order valence-electron chi connectivity index (χ3n) is 4.72. The van der Waals surface area contributed by atoms with Gasteiger partial charge in [-0.3, -0.25) is 19.4 Å². The van der Waals surface area contributed by atoms with Crippen molar-refractivity contribution in [3.05, 3.63) is 42.1 Å². The molecule has 0 radical (unpaired) electrons. The maximum atomic E-state index is 12.6. The summed E-state index contributed by atoms with van der Waals surface area (Å²) in [7, 11) is 0. The standard InChI is InChI=1S/C19H22N4O4/c1-11(24)23-10-14(25)9-17(23)19(27)22-16(18(20)26)8-13-7-6-12-4-2-3-5-15(12)21-13/h2-7,14,16-17,25H,8-10H2,1H3,(H2,20,26)(H,22,27)/t14-,16+,17+/m1/s1. The summed E-state index contributed by atoms with van der Waals surface area (Å²) in [5.41, 5.74) is 6.86. The van der Waals surface area contributed by atoms with Crippen molar-refractivity contribution in [2.24, 2.45) is 5.73 Å². The van der Waals surface area contributed by atoms with Crippen LogP contribution in [0.1, 0.15) is 19.0 Å². The monoisotopic (exact) mass is 370 g/mol. The maximum Gasteiger partial charge on any atom is 0.243 e. The predicted molar refractivity (Wildman–Crippen MR) is 98.4 cm³/mol. The second kappa shape index (κ2) is 7.71. The number of nitrogens with zero attached hydrogens (tertiary/aromatic N) is 2. The number of likely N-dealkylation sites (tertiary alicyclic amines) is 1. The van der Waals surface area contributed by atoms with Crippen molar-refractivity contribution in [2.75, 3.05) is 6.54 Å². The molecule has 3 atom stereocenters. The maximum absolute atomic E-state index is 12.6. The molecule has 8 nitrogen and oxygen atoms in total. The summed E-state index contributed by atoms with van der Waals surface area (Å²) in [6, 6.07) is 9.47. The summed E-state index contributed by atoms with van der Waals surface area (Å²) in [5, 5.41) is 13.3. The van der Waals surface area contributed by atoms with Gasteiger partial charge in [-0.15, -0.1) is 0 Å². The number of β-amino-alcohol motifs (C(OH)–C–C–N with tert-alkyl or cyclic N) is 1. The number of nitrogens with two attached hydrogens (primary N) is 1. The third kappa shape index (κ3) is 4.22. The smallest absolute Gasteiger partial charge is 0.243 e. The average Bonchev–Trinajstić information content (AvgIpc) is 3.03. The Kier molecular flexibility index (Phi) is 5.36. The number of nitrogens with one attached hydrogen (secondary N) is 1. The molecule has 2 heterocycles. The van der Waals surface area contributed by atoms with E-state index in [1.807, 2.05) is 30.3 Å². The molecule has 0 spiro atoms. The molecule has 0 saturated carbocycles. The van der Waals surface area contributed by atoms with E-state index in [0.29, 0.717) is 5.69 Å². The molecule has 4 N–H and O–H groups in total. The number of amides is 3. The second-order valence-electron chi connectivity index (χ2n) is 6.74. The van der Waals surface area contributed by atoms with Crippen LogP contribution in [0.15, 0.2) is 36.4 Å². The van der Waals surface area contributed by atoms with Crippen LogP contribution in [0.5, 0.6) is 0 Å². The van der Waals surface area contributed by atoms with E-state index < -0.39 is 30.0 Å². The van der Waals surface area contributed by atoms with E-state index in [4.69, 9.17) is 5.73 Å². The topological polar surface area (TPSA) is 126 Å². The van der Waals surface area contributed by atoms with Gasteiger partial charge in [0.15, 0.2) is 0 Å². The number of rotatable bonds is 5. The lowest BCUT2D eigenvalue weighted by atomic mass is 10.1. The van der Waals surface area contributed by atoms with E-state index in [1.54, 1.807) is 6.07 Å². The zero-order valence-electron chi connectivity index (χ0n) is 15.0. The molecule has 3 rings (SSSR count). The van der Waals surface area contributed by atoms with Crippen LogP contribution in [-0.4, -0.2) is 57.4 Å². The Morgan fingerprint density at radius 2 is 2.04 bits per heavy atom. The van der Waals surface area contributed by atoms with Gasteiger partial charge in [-0.1, -0.05) is 24.3 Å². The average molecular weight is 370 g/mol. The molecule has 1 aromatic carbocycles. The molecule has 27 heavy (non-hydrogen) atoms. The summed E-state index contributed by atoms with van der Waals surface area (Å²) in [6.07, 6.45) is -0.495. The van der Waals surface area contributed by atoms with Gasteiger partial charge in [0, 0.05) is 37.4 Å². The number of primary amides is 1. The van der Waals surface area contributed by atoms with Crippen molar-refractivity contribution in [3.63, 3.8) is 0 Å². The molecule has 8 heteroatoms. The minimum Gasteiger partial charge on any atom is -0.391 e. The molecular weight excluding hydrogens is 348 g/mol. The van der Waals surface area contributed by atoms with Crippen LogP contribution in [0.3, 0.4) is 0 Å². The second-order valence-corrected chi connectivity index (χ2v) is 6.74. The van der Waals surface area contributed by atoms with Crippen molar-refractivity contribution in [3.8, 4) is 0 Å². The first-order valence-corrected chi connectivity index (χ1v) is 8.75. The first kappa shape index (κ1) is 18.8. The van der Waals surface area contributed by atoms with Crippen molar-refractivity contribution in [1.82, 2.24) is 15.2 Å². The van der Waals surface area contributed by atoms with E-state index in [2.05, 4.69) is 10.3 Å². The van der Waals surface area contributed by atoms with Crippen molar-refractivity contribution in [1.29, 1.82) is 0 Å². The summed E-state index contributed by atoms with van der Waals surface area (Å²) in [4.78, 5) is 41.9. The molecule has 2 aromatic rings. The van der Waals surface area contributed by atoms with Crippen molar-refractivity contribution < 1.29 is 19.5 Å². The van der Waals surface area contributed by atoms with Crippen LogP contribution in [-0.2, 0) is 20.8 Å². The number of aliphatic hydroxyl groups excluding tert-OH is 1. The van der Waals surface area contributed by atoms with Crippen LogP contribution >= 0.6 is 0 Å². The van der Waals surface area contributed by atoms with Gasteiger partial charge in [0.25, 0.3) is 0 Å². The van der Waals surface area contributed by atoms with Crippen LogP contribution in [0, 0.1) is 0 Å². The number of aromatic nitrogens is 1. The summed E-state index contributed by atoms with van der Waals surface area (Å²) >= 11 is 0. The van der Waals surface area contributed by atoms with Gasteiger partial charge in [-0.05, 0) is 12.1 Å². The van der Waals surface area contributed by atoms with Crippen LogP contribution in [0.25, 0.3) is 10.9 Å². The first-order valence-electron chi connectivity index (χ1n) is 8.75. The Morgan fingerprint density at radius 1 is 1.30 bits per heavy atom. The number of carbonyl (C=O) groups excluding carboxylic acids is 3. The van der Waals surface area contributed by atoms with Crippen LogP contribution in [0.4, 0.5) is 0 Å². The summed E-state index contributed by atoms with van der Waals surface area (Å²) in [5.74, 6) is -1.50. The highest BCUT2D eigenvalue weighted by molar-refractivity contribution is 5.92. The predicted octanol–water partition coefficient (Wildman–Crippen LogP) is -0.271. The summed E-state index contributed by atoms with van der Waals surface area (Å²) < 4.78 is 0. The SMILES string of the molecule is CC(=O)N1C[C@H](O)C[C@H]1C(=O)N[C@@H](Cc1ccc2ccccc2n1)C(N)=O. The van der Waals surface area contributed by atoms with E-state index >= 15 is 0 Å². The number of hydrogen-bond donors (Lipinski definition) is 3. The molecule has 0 unspecified atom stereocenters. The van der Waals surface area contributed by atoms with Crippen LogP contribution in [0.2, 0.25) is 0 Å². The normalized spacial score (nSPS) is 20.4. The lowest BCUT2D eigenvalue weighted by Crippen LogP contribution is -2.52. The summed E-state index contributed by atoms with van der Waals surface area (Å²) in [6.45, 7) is 1.43. The molecule has 0 aliphatic carbocycles. The van der Waals surface area contributed by atoms with Gasteiger partial charge in [0.2, 0.25) is 17.7 Å². The van der Waals surface area contributed by atoms with Gasteiger partial charge in [0.05, 0.1) is 11.6 Å². The Balaban J connectivity index is 1.74. The number of hydrogen-bond acceptors (Lipinski definition) is 5. The Hall–Kier alpha value is -3.00. The molecule has 1 aromatic heterocycles. The molecular formula is C19H22N4O4. The van der Waals surface area contributed by atoms with E-state index in [0.717, 1.165) is 10.9 Å². The molecule has 1 aliphatic heterocycles. The van der Waals surface area contributed by atoms with Crippen molar-refractivity contribution >= 4 is 28.6 Å². The number of carbonyl (C=O) groups is 3. The zero-order chi connectivity index (χ0) is 19.6. The van der Waals surface area contributed by atoms with Gasteiger partial charge in [-0.2, -0.15) is 0 Å². The molecule has 1 aliphatic rings. The van der Waals surface area contributed by atoms with Gasteiger partial charge in [0.1, 0.15) is 12.1 Å². The fourth-order valence-corrected chi connectivity index (χ4v) is 3.33. The molecule has 0 bridgehead atoms. The number of aliphatic hydroxyl groups is 1. The number of benzene rings is 1. The lowest BCUT2D eigenvalue weighted by Gasteiger charge is -2.24. The number of pyridine rings is 1. The van der Waals surface area contributed by atoms with E-state index in [-0.39, 0.29) is 25.3 Å². The highest BCUT2D eigenvalue weighted by Crippen LogP contribution is 2.19. The molecule has 1 saturated heterocycles. The van der Waals surface area contributed by atoms with E-state index in [1.165, 1.54) is 11.8 Å². The minimum atomic E-state index is -0.960. The first-order chi connectivity index (χ1) is 12.8. The fraction of sp³-hybridized carbons (Fsp3) is 0.368. The Labute approximate surface area is 156 Å². The largest absolute Gasteiger partial charge is 0.391 e. The zero-order valence-corrected chi connectivity index (χ0v) is 15.0. The van der Waals surface area contributed by atoms with Gasteiger partial charge in [-0.25, -0.2) is 0 Å². The van der Waals surface area contributed by atoms with Crippen molar-refractivity contribution in [2.45, 2.75) is 38.0 Å². The number of fused-ring (bicyclic) bond motifs is 1. The Morgan fingerprint density at radius 3 is 2.74 bits per heavy atom. The molecule has 3 amide bonds. The lowest BCUT2D eigenvalue weighted by molar-refractivity contribution is -0.138. The number of para-hydroxylation sites is 1. The highest BCUT2D eigenvalue weighted by atomic mass is 16.3. The molecule has 1 fully saturated rings. The Bertz CT molecular complexity index is 885. The van der Waals surface area contributed by atoms with Gasteiger partial charge >= 0.3 is 0 Å².